The van der Waals surface area contributed by atoms with Crippen LogP contribution < -0.4 is 16.2 Å². The highest BCUT2D eigenvalue weighted by atomic mass is 16.5. The van der Waals surface area contributed by atoms with Crippen molar-refractivity contribution in [1.29, 1.82) is 0 Å². The molecule has 100 valence electrons. The summed E-state index contributed by atoms with van der Waals surface area (Å²) in [4.78, 5) is 12.5. The summed E-state index contributed by atoms with van der Waals surface area (Å²) in [7, 11) is 0. The van der Waals surface area contributed by atoms with Gasteiger partial charge in [-0.05, 0) is 31.2 Å². The first-order chi connectivity index (χ1) is 9.08. The molecule has 1 aromatic carbocycles. The first-order valence-corrected chi connectivity index (χ1v) is 6.26. The molecule has 0 spiro atoms. The molecule has 19 heavy (non-hydrogen) atoms. The highest BCUT2D eigenvalue weighted by molar-refractivity contribution is 6.05. The van der Waals surface area contributed by atoms with Crippen molar-refractivity contribution in [3.8, 4) is 5.75 Å². The molecule has 2 unspecified atom stereocenters. The van der Waals surface area contributed by atoms with Gasteiger partial charge < -0.3 is 16.2 Å². The van der Waals surface area contributed by atoms with Crippen LogP contribution in [0.15, 0.2) is 48.6 Å². The molecule has 4 heteroatoms. The second-order valence-electron chi connectivity index (χ2n) is 4.49. The van der Waals surface area contributed by atoms with E-state index >= 15 is 0 Å². The van der Waals surface area contributed by atoms with Gasteiger partial charge in [-0.1, -0.05) is 24.3 Å². The van der Waals surface area contributed by atoms with E-state index in [-0.39, 0.29) is 5.78 Å². The van der Waals surface area contributed by atoms with Crippen LogP contribution >= 0.6 is 0 Å². The van der Waals surface area contributed by atoms with Crippen molar-refractivity contribution in [2.45, 2.75) is 18.5 Å². The average Bonchev–Trinajstić information content (AvgIpc) is 2.43. The van der Waals surface area contributed by atoms with Crippen molar-refractivity contribution >= 4 is 5.78 Å². The zero-order valence-electron chi connectivity index (χ0n) is 10.9. The maximum atomic E-state index is 12.5. The van der Waals surface area contributed by atoms with E-state index in [4.69, 9.17) is 16.2 Å². The van der Waals surface area contributed by atoms with Crippen LogP contribution in [0.25, 0.3) is 0 Å². The van der Waals surface area contributed by atoms with E-state index < -0.39 is 11.6 Å². The van der Waals surface area contributed by atoms with Crippen molar-refractivity contribution in [1.82, 2.24) is 0 Å². The molecule has 0 bridgehead atoms. The number of rotatable bonds is 4. The zero-order valence-corrected chi connectivity index (χ0v) is 10.9. The molecule has 0 aromatic heterocycles. The predicted octanol–water partition coefficient (Wildman–Crippen LogP) is 1.42. The normalized spacial score (nSPS) is 25.3. The van der Waals surface area contributed by atoms with Gasteiger partial charge >= 0.3 is 0 Å². The lowest BCUT2D eigenvalue weighted by Crippen LogP contribution is -2.59. The van der Waals surface area contributed by atoms with Crippen LogP contribution in [0.5, 0.6) is 5.75 Å². The summed E-state index contributed by atoms with van der Waals surface area (Å²) in [5, 5.41) is 0. The molecule has 0 aliphatic heterocycles. The summed E-state index contributed by atoms with van der Waals surface area (Å²) in [6.45, 7) is 2.50. The van der Waals surface area contributed by atoms with E-state index in [9.17, 15) is 4.79 Å². The molecule has 0 saturated carbocycles. The van der Waals surface area contributed by atoms with Gasteiger partial charge in [0.1, 0.15) is 11.3 Å². The molecule has 0 heterocycles. The number of benzene rings is 1. The fourth-order valence-corrected chi connectivity index (χ4v) is 2.02. The number of nitrogens with two attached hydrogens (primary N) is 2. The molecule has 4 N–H and O–H groups in total. The predicted molar refractivity (Wildman–Crippen MR) is 75.1 cm³/mol. The number of carbonyl (C=O) groups is 1. The Morgan fingerprint density at radius 2 is 2.00 bits per heavy atom. The highest BCUT2D eigenvalue weighted by Gasteiger charge is 2.38. The van der Waals surface area contributed by atoms with E-state index in [1.54, 1.807) is 48.6 Å². The molecule has 0 saturated heterocycles. The average molecular weight is 258 g/mol. The maximum absolute atomic E-state index is 12.5. The Kier molecular flexibility index (Phi) is 3.83. The van der Waals surface area contributed by atoms with Crippen LogP contribution in [0.4, 0.5) is 0 Å². The van der Waals surface area contributed by atoms with Gasteiger partial charge in [-0.3, -0.25) is 4.79 Å². The summed E-state index contributed by atoms with van der Waals surface area (Å²) in [6.07, 6.45) is 6.92. The molecular weight excluding hydrogens is 240 g/mol. The first kappa shape index (κ1) is 13.5. The SMILES string of the molecule is CCOc1ccc(C(=O)C2(N)C=CC=CC2N)cc1. The smallest absolute Gasteiger partial charge is 0.188 e. The van der Waals surface area contributed by atoms with Gasteiger partial charge in [-0.15, -0.1) is 0 Å². The van der Waals surface area contributed by atoms with Crippen LogP contribution in [-0.2, 0) is 0 Å². The van der Waals surface area contributed by atoms with Crippen molar-refractivity contribution in [2.75, 3.05) is 6.61 Å². The minimum atomic E-state index is -1.18. The largest absolute Gasteiger partial charge is 0.494 e. The van der Waals surface area contributed by atoms with Crippen molar-refractivity contribution in [3.05, 3.63) is 54.1 Å². The second kappa shape index (κ2) is 5.38. The van der Waals surface area contributed by atoms with Gasteiger partial charge in [-0.25, -0.2) is 0 Å². The van der Waals surface area contributed by atoms with Crippen LogP contribution in [0.1, 0.15) is 17.3 Å². The number of ether oxygens (including phenoxy) is 1. The Labute approximate surface area is 112 Å². The monoisotopic (exact) mass is 258 g/mol. The van der Waals surface area contributed by atoms with E-state index in [0.29, 0.717) is 12.2 Å². The Morgan fingerprint density at radius 1 is 1.32 bits per heavy atom. The standard InChI is InChI=1S/C15H18N2O2/c1-2-19-12-8-6-11(7-9-12)14(18)15(17)10-4-3-5-13(15)16/h3-10,13H,2,16-17H2,1H3. The first-order valence-electron chi connectivity index (χ1n) is 6.26. The van der Waals surface area contributed by atoms with Crippen LogP contribution in [0, 0.1) is 0 Å². The number of carbonyl (C=O) groups excluding carboxylic acids is 1. The maximum Gasteiger partial charge on any atom is 0.188 e. The second-order valence-corrected chi connectivity index (χ2v) is 4.49. The van der Waals surface area contributed by atoms with Crippen LogP contribution in [-0.4, -0.2) is 24.0 Å². The summed E-state index contributed by atoms with van der Waals surface area (Å²) < 4.78 is 5.34. The highest BCUT2D eigenvalue weighted by Crippen LogP contribution is 2.21. The fraction of sp³-hybridized carbons (Fsp3) is 0.267. The quantitative estimate of drug-likeness (QED) is 0.801. The van der Waals surface area contributed by atoms with Gasteiger partial charge in [0.25, 0.3) is 0 Å². The van der Waals surface area contributed by atoms with Crippen molar-refractivity contribution < 1.29 is 9.53 Å². The lowest BCUT2D eigenvalue weighted by atomic mass is 9.81. The molecular formula is C15H18N2O2. The Bertz CT molecular complexity index is 519. The lowest BCUT2D eigenvalue weighted by molar-refractivity contribution is 0.0911. The van der Waals surface area contributed by atoms with E-state index in [1.807, 2.05) is 6.92 Å². The van der Waals surface area contributed by atoms with Crippen molar-refractivity contribution in [3.63, 3.8) is 0 Å². The van der Waals surface area contributed by atoms with E-state index in [1.165, 1.54) is 0 Å². The van der Waals surface area contributed by atoms with Gasteiger partial charge in [0.15, 0.2) is 5.78 Å². The number of Topliss-reactive ketones (excluding diaryl/α,β-unsaturated/α-hetero) is 1. The van der Waals surface area contributed by atoms with Crippen LogP contribution in [0.2, 0.25) is 0 Å². The van der Waals surface area contributed by atoms with Gasteiger partial charge in [0.2, 0.25) is 0 Å². The van der Waals surface area contributed by atoms with Gasteiger partial charge in [0.05, 0.1) is 12.6 Å². The number of hydrogen-bond donors (Lipinski definition) is 2. The molecule has 1 aromatic rings. The minimum absolute atomic E-state index is 0.191. The molecule has 2 rings (SSSR count). The molecule has 0 amide bonds. The minimum Gasteiger partial charge on any atom is -0.494 e. The number of ketones is 1. The summed E-state index contributed by atoms with van der Waals surface area (Å²) >= 11 is 0. The molecule has 1 aliphatic rings. The third kappa shape index (κ3) is 2.59. The molecule has 0 fully saturated rings. The summed E-state index contributed by atoms with van der Waals surface area (Å²) in [5.41, 5.74) is 11.4. The van der Waals surface area contributed by atoms with Gasteiger partial charge in [0, 0.05) is 5.56 Å². The summed E-state index contributed by atoms with van der Waals surface area (Å²) in [5.74, 6) is 0.539. The molecule has 2 atom stereocenters. The molecule has 0 radical (unpaired) electrons. The molecule has 1 aliphatic carbocycles. The Morgan fingerprint density at radius 3 is 2.58 bits per heavy atom. The number of hydrogen-bond acceptors (Lipinski definition) is 4. The molecule has 4 nitrogen and oxygen atoms in total. The third-order valence-electron chi connectivity index (χ3n) is 3.17. The summed E-state index contributed by atoms with van der Waals surface area (Å²) in [6, 6.07) is 6.42. The van der Waals surface area contributed by atoms with E-state index in [0.717, 1.165) is 5.75 Å². The van der Waals surface area contributed by atoms with Crippen LogP contribution in [0.3, 0.4) is 0 Å². The van der Waals surface area contributed by atoms with E-state index in [2.05, 4.69) is 0 Å². The number of allylic oxidation sites excluding steroid dienone is 2. The van der Waals surface area contributed by atoms with Gasteiger partial charge in [-0.2, -0.15) is 0 Å². The topological polar surface area (TPSA) is 78.3 Å². The lowest BCUT2D eigenvalue weighted by Gasteiger charge is -2.30. The zero-order chi connectivity index (χ0) is 13.9. The van der Waals surface area contributed by atoms with Crippen molar-refractivity contribution in [2.24, 2.45) is 11.5 Å². The Hall–Kier alpha value is -1.91. The third-order valence-corrected chi connectivity index (χ3v) is 3.17. The Balaban J connectivity index is 2.24. The fourth-order valence-electron chi connectivity index (χ4n) is 2.02.